The lowest BCUT2D eigenvalue weighted by atomic mass is 10.2. The van der Waals surface area contributed by atoms with Gasteiger partial charge in [-0.25, -0.2) is 9.82 Å². The SMILES string of the molecule is CCCOc1c(I)cc(C=NNC(=O)CC(=O)Nc2ccccc2F)cc1OC. The van der Waals surface area contributed by atoms with Gasteiger partial charge in [-0.2, -0.15) is 5.10 Å². The first-order valence-corrected chi connectivity index (χ1v) is 9.89. The summed E-state index contributed by atoms with van der Waals surface area (Å²) >= 11 is 2.13. The van der Waals surface area contributed by atoms with Gasteiger partial charge in [-0.3, -0.25) is 9.59 Å². The van der Waals surface area contributed by atoms with E-state index in [9.17, 15) is 14.0 Å². The van der Waals surface area contributed by atoms with Crippen molar-refractivity contribution >= 4 is 46.3 Å². The van der Waals surface area contributed by atoms with Crippen LogP contribution in [0.25, 0.3) is 0 Å². The molecule has 2 amide bonds. The highest BCUT2D eigenvalue weighted by atomic mass is 127. The molecule has 0 aliphatic rings. The molecule has 0 fully saturated rings. The maximum atomic E-state index is 13.5. The maximum absolute atomic E-state index is 13.5. The Kier molecular flexibility index (Phi) is 8.84. The second-order valence-corrected chi connectivity index (χ2v) is 7.04. The Morgan fingerprint density at radius 3 is 2.69 bits per heavy atom. The molecule has 2 aromatic rings. The van der Waals surface area contributed by atoms with Gasteiger partial charge in [0.05, 0.1) is 29.2 Å². The third-order valence-corrected chi connectivity index (χ3v) is 4.38. The summed E-state index contributed by atoms with van der Waals surface area (Å²) in [6, 6.07) is 9.27. The average Bonchev–Trinajstić information content (AvgIpc) is 2.68. The van der Waals surface area contributed by atoms with Crippen LogP contribution in [0.4, 0.5) is 10.1 Å². The van der Waals surface area contributed by atoms with E-state index in [4.69, 9.17) is 9.47 Å². The Morgan fingerprint density at radius 1 is 1.24 bits per heavy atom. The summed E-state index contributed by atoms with van der Waals surface area (Å²) in [4.78, 5) is 23.7. The lowest BCUT2D eigenvalue weighted by Gasteiger charge is -2.12. The van der Waals surface area contributed by atoms with Crippen LogP contribution in [0.2, 0.25) is 0 Å². The Hall–Kier alpha value is -2.69. The Bertz CT molecular complexity index is 905. The van der Waals surface area contributed by atoms with Crippen LogP contribution in [0.3, 0.4) is 0 Å². The summed E-state index contributed by atoms with van der Waals surface area (Å²) < 4.78 is 25.4. The van der Waals surface area contributed by atoms with Gasteiger partial charge in [0, 0.05) is 0 Å². The molecule has 0 radical (unpaired) electrons. The predicted octanol–water partition coefficient (Wildman–Crippen LogP) is 3.71. The van der Waals surface area contributed by atoms with Gasteiger partial charge in [0.15, 0.2) is 11.5 Å². The number of benzene rings is 2. The highest BCUT2D eigenvalue weighted by molar-refractivity contribution is 14.1. The number of halogens is 2. The molecule has 2 N–H and O–H groups in total. The summed E-state index contributed by atoms with van der Waals surface area (Å²) in [6.45, 7) is 2.59. The van der Waals surface area contributed by atoms with Gasteiger partial charge in [-0.05, 0) is 58.8 Å². The number of hydrazone groups is 1. The fraction of sp³-hybridized carbons (Fsp3) is 0.250. The first-order valence-electron chi connectivity index (χ1n) is 8.81. The molecule has 7 nitrogen and oxygen atoms in total. The number of carbonyl (C=O) groups excluding carboxylic acids is 2. The van der Waals surface area contributed by atoms with Crippen molar-refractivity contribution < 1.29 is 23.5 Å². The van der Waals surface area contributed by atoms with E-state index in [-0.39, 0.29) is 5.69 Å². The molecule has 154 valence electrons. The fourth-order valence-corrected chi connectivity index (χ4v) is 3.06. The predicted molar refractivity (Wildman–Crippen MR) is 117 cm³/mol. The van der Waals surface area contributed by atoms with E-state index in [2.05, 4.69) is 38.4 Å². The van der Waals surface area contributed by atoms with Crippen molar-refractivity contribution in [2.75, 3.05) is 19.0 Å². The molecule has 0 saturated carbocycles. The van der Waals surface area contributed by atoms with Crippen LogP contribution in [0, 0.1) is 9.39 Å². The summed E-state index contributed by atoms with van der Waals surface area (Å²) in [5, 5.41) is 6.19. The molecular weight excluding hydrogens is 492 g/mol. The largest absolute Gasteiger partial charge is 0.493 e. The van der Waals surface area contributed by atoms with E-state index in [1.807, 2.05) is 13.0 Å². The van der Waals surface area contributed by atoms with E-state index in [0.717, 1.165) is 9.99 Å². The zero-order chi connectivity index (χ0) is 21.2. The molecule has 0 heterocycles. The number of methoxy groups -OCH3 is 1. The fourth-order valence-electron chi connectivity index (χ4n) is 2.28. The first kappa shape index (κ1) is 22.6. The van der Waals surface area contributed by atoms with Gasteiger partial charge in [0.25, 0.3) is 0 Å². The Morgan fingerprint density at radius 2 is 2.00 bits per heavy atom. The number of para-hydroxylation sites is 1. The van der Waals surface area contributed by atoms with Gasteiger partial charge >= 0.3 is 0 Å². The highest BCUT2D eigenvalue weighted by Gasteiger charge is 2.12. The Balaban J connectivity index is 1.93. The second-order valence-electron chi connectivity index (χ2n) is 5.88. The van der Waals surface area contributed by atoms with Crippen LogP contribution < -0.4 is 20.2 Å². The number of nitrogens with one attached hydrogen (secondary N) is 2. The molecule has 29 heavy (non-hydrogen) atoms. The number of hydrogen-bond donors (Lipinski definition) is 2. The topological polar surface area (TPSA) is 89.0 Å². The lowest BCUT2D eigenvalue weighted by molar-refractivity contribution is -0.126. The number of hydrogen-bond acceptors (Lipinski definition) is 5. The first-order chi connectivity index (χ1) is 13.9. The number of nitrogens with zero attached hydrogens (tertiary/aromatic N) is 1. The third kappa shape index (κ3) is 7.00. The number of rotatable bonds is 9. The lowest BCUT2D eigenvalue weighted by Crippen LogP contribution is -2.24. The van der Waals surface area contributed by atoms with Gasteiger partial charge in [-0.1, -0.05) is 19.1 Å². The standard InChI is InChI=1S/C20H21FIN3O4/c1-3-8-29-20-15(22)9-13(10-17(20)28-2)12-23-25-19(27)11-18(26)24-16-7-5-4-6-14(16)21/h4-7,9-10,12H,3,8,11H2,1-2H3,(H,24,26)(H,25,27). The summed E-state index contributed by atoms with van der Waals surface area (Å²) in [5.41, 5.74) is 2.97. The number of ether oxygens (including phenoxy) is 2. The number of carbonyl (C=O) groups is 2. The zero-order valence-electron chi connectivity index (χ0n) is 16.0. The van der Waals surface area contributed by atoms with E-state index < -0.39 is 24.1 Å². The van der Waals surface area contributed by atoms with Crippen LogP contribution in [0.1, 0.15) is 25.3 Å². The monoisotopic (exact) mass is 513 g/mol. The van der Waals surface area contributed by atoms with Crippen LogP contribution in [-0.4, -0.2) is 31.7 Å². The maximum Gasteiger partial charge on any atom is 0.249 e. The van der Waals surface area contributed by atoms with Gasteiger partial charge < -0.3 is 14.8 Å². The summed E-state index contributed by atoms with van der Waals surface area (Å²) in [5.74, 6) is -0.631. The van der Waals surface area contributed by atoms with Crippen LogP contribution >= 0.6 is 22.6 Å². The molecule has 0 aliphatic heterocycles. The van der Waals surface area contributed by atoms with Crippen molar-refractivity contribution in [1.29, 1.82) is 0 Å². The summed E-state index contributed by atoms with van der Waals surface area (Å²) in [7, 11) is 1.54. The van der Waals surface area contributed by atoms with Gasteiger partial charge in [-0.15, -0.1) is 0 Å². The summed E-state index contributed by atoms with van der Waals surface area (Å²) in [6.07, 6.45) is 1.82. The molecule has 0 atom stereocenters. The van der Waals surface area contributed by atoms with Crippen molar-refractivity contribution in [1.82, 2.24) is 5.43 Å². The molecule has 2 aromatic carbocycles. The second kappa shape index (κ2) is 11.3. The van der Waals surface area contributed by atoms with Crippen molar-refractivity contribution in [2.45, 2.75) is 19.8 Å². The quantitative estimate of drug-likeness (QED) is 0.232. The van der Waals surface area contributed by atoms with Crippen molar-refractivity contribution in [3.8, 4) is 11.5 Å². The molecule has 0 spiro atoms. The molecular formula is C20H21FIN3O4. The van der Waals surface area contributed by atoms with E-state index in [0.29, 0.717) is 23.7 Å². The van der Waals surface area contributed by atoms with Crippen molar-refractivity contribution in [3.63, 3.8) is 0 Å². The molecule has 9 heteroatoms. The van der Waals surface area contributed by atoms with Gasteiger partial charge in [0.2, 0.25) is 11.8 Å². The third-order valence-electron chi connectivity index (χ3n) is 3.57. The number of amides is 2. The Labute approximate surface area is 181 Å². The van der Waals surface area contributed by atoms with E-state index >= 15 is 0 Å². The van der Waals surface area contributed by atoms with Crippen LogP contribution in [-0.2, 0) is 9.59 Å². The van der Waals surface area contributed by atoms with Crippen LogP contribution in [0.5, 0.6) is 11.5 Å². The molecule has 0 aromatic heterocycles. The molecule has 0 unspecified atom stereocenters. The van der Waals surface area contributed by atoms with Crippen molar-refractivity contribution in [2.24, 2.45) is 5.10 Å². The molecule has 0 saturated heterocycles. The molecule has 0 aliphatic carbocycles. The average molecular weight is 513 g/mol. The number of anilines is 1. The van der Waals surface area contributed by atoms with E-state index in [1.165, 1.54) is 24.4 Å². The normalized spacial score (nSPS) is 10.6. The van der Waals surface area contributed by atoms with Crippen molar-refractivity contribution in [3.05, 3.63) is 51.3 Å². The minimum atomic E-state index is -0.642. The smallest absolute Gasteiger partial charge is 0.249 e. The van der Waals surface area contributed by atoms with Gasteiger partial charge in [0.1, 0.15) is 12.2 Å². The molecule has 2 rings (SSSR count). The zero-order valence-corrected chi connectivity index (χ0v) is 18.2. The molecule has 0 bridgehead atoms. The van der Waals surface area contributed by atoms with Crippen LogP contribution in [0.15, 0.2) is 41.5 Å². The highest BCUT2D eigenvalue weighted by Crippen LogP contribution is 2.33. The minimum absolute atomic E-state index is 0.0147. The minimum Gasteiger partial charge on any atom is -0.493 e. The van der Waals surface area contributed by atoms with E-state index in [1.54, 1.807) is 19.2 Å².